The number of benzene rings is 1. The molecule has 7 rings (SSSR count). The van der Waals surface area contributed by atoms with Gasteiger partial charge in [0.15, 0.2) is 21.2 Å². The number of aromatic nitrogens is 3. The summed E-state index contributed by atoms with van der Waals surface area (Å²) in [6, 6.07) is 8.64. The molecule has 5 heterocycles. The Hall–Kier alpha value is -3.54. The fourth-order valence-corrected chi connectivity index (χ4v) is 7.14. The Morgan fingerprint density at radius 2 is 1.57 bits per heavy atom. The minimum Gasteiger partial charge on any atom is -0.460 e. The summed E-state index contributed by atoms with van der Waals surface area (Å²) in [6.45, 7) is 5.32. The van der Waals surface area contributed by atoms with E-state index in [-0.39, 0.29) is 42.6 Å². The van der Waals surface area contributed by atoms with E-state index >= 15 is 0 Å². The van der Waals surface area contributed by atoms with Crippen molar-refractivity contribution in [1.82, 2.24) is 15.2 Å². The molecule has 1 aliphatic carbocycles. The van der Waals surface area contributed by atoms with Gasteiger partial charge in [0.1, 0.15) is 5.69 Å². The second-order valence-electron chi connectivity index (χ2n) is 12.2. The summed E-state index contributed by atoms with van der Waals surface area (Å²) in [7, 11) is -3.49. The van der Waals surface area contributed by atoms with Crippen molar-refractivity contribution in [2.24, 2.45) is 5.41 Å². The average Bonchev–Trinajstić information content (AvgIpc) is 3.34. The van der Waals surface area contributed by atoms with Gasteiger partial charge >= 0.3 is 0 Å². The number of nitrogens with zero attached hydrogens (tertiary/aromatic N) is 5. The molecule has 0 N–H and O–H groups in total. The molecule has 1 aromatic carbocycles. The van der Waals surface area contributed by atoms with Gasteiger partial charge in [-0.2, -0.15) is 0 Å². The topological polar surface area (TPSA) is 106 Å². The first-order chi connectivity index (χ1) is 20.0. The molecule has 222 valence electrons. The molecule has 2 saturated heterocycles. The maximum absolute atomic E-state index is 13.9. The molecule has 4 aromatic rings. The number of furan rings is 1. The van der Waals surface area contributed by atoms with Crippen LogP contribution in [0.1, 0.15) is 52.4 Å². The highest BCUT2D eigenvalue weighted by Gasteiger charge is 2.45. The van der Waals surface area contributed by atoms with Crippen LogP contribution in [0.2, 0.25) is 0 Å². The summed E-state index contributed by atoms with van der Waals surface area (Å²) in [4.78, 5) is 9.02. The molecule has 0 atom stereocenters. The van der Waals surface area contributed by atoms with Gasteiger partial charge in [0.05, 0.1) is 27.7 Å². The number of hydrogen-bond acceptors (Lipinski definition) is 9. The monoisotopic (exact) mass is 597 g/mol. The molecule has 0 amide bonds. The van der Waals surface area contributed by atoms with Gasteiger partial charge in [-0.1, -0.05) is 0 Å². The second-order valence-corrected chi connectivity index (χ2v) is 14.7. The van der Waals surface area contributed by atoms with E-state index in [1.165, 1.54) is 12.8 Å². The first kappa shape index (κ1) is 27.3. The number of alkyl halides is 2. The summed E-state index contributed by atoms with van der Waals surface area (Å²) >= 11 is 0. The average molecular weight is 598 g/mol. The zero-order valence-electron chi connectivity index (χ0n) is 23.6. The molecule has 9 nitrogen and oxygen atoms in total. The van der Waals surface area contributed by atoms with E-state index in [1.807, 2.05) is 0 Å². The molecular formula is C30H33F2N5O4S. The van der Waals surface area contributed by atoms with E-state index in [0.717, 1.165) is 37.0 Å². The summed E-state index contributed by atoms with van der Waals surface area (Å²) in [6.07, 6.45) is 5.70. The summed E-state index contributed by atoms with van der Waals surface area (Å²) < 4.78 is 65.7. The Morgan fingerprint density at radius 1 is 0.881 bits per heavy atom. The van der Waals surface area contributed by atoms with E-state index in [2.05, 4.69) is 15.1 Å². The zero-order chi connectivity index (χ0) is 29.3. The Morgan fingerprint density at radius 3 is 2.26 bits per heavy atom. The quantitative estimate of drug-likeness (QED) is 0.252. The van der Waals surface area contributed by atoms with E-state index in [0.29, 0.717) is 28.1 Å². The molecule has 3 aromatic heterocycles. The van der Waals surface area contributed by atoms with Crippen LogP contribution in [0.5, 0.6) is 0 Å². The maximum atomic E-state index is 13.9. The minimum atomic E-state index is -3.49. The maximum Gasteiger partial charge on any atom is 0.266 e. The van der Waals surface area contributed by atoms with Gasteiger partial charge < -0.3 is 18.6 Å². The number of hydrogen-bond donors (Lipinski definition) is 0. The molecule has 12 heteroatoms. The van der Waals surface area contributed by atoms with Crippen molar-refractivity contribution >= 4 is 32.3 Å². The van der Waals surface area contributed by atoms with Gasteiger partial charge in [0.2, 0.25) is 5.89 Å². The van der Waals surface area contributed by atoms with Crippen LogP contribution < -0.4 is 9.80 Å². The van der Waals surface area contributed by atoms with E-state index in [1.54, 1.807) is 55.3 Å². The van der Waals surface area contributed by atoms with Crippen LogP contribution in [0.3, 0.4) is 0 Å². The van der Waals surface area contributed by atoms with Gasteiger partial charge in [-0.25, -0.2) is 22.2 Å². The van der Waals surface area contributed by atoms with Gasteiger partial charge in [-0.05, 0) is 75.3 Å². The number of sulfone groups is 1. The Balaban J connectivity index is 1.26. The van der Waals surface area contributed by atoms with Crippen LogP contribution in [0.15, 0.2) is 50.3 Å². The number of halogens is 2. The Labute approximate surface area is 242 Å². The SMILES string of the molecule is CC(C)S(=O)(=O)c1ccc(-c2nnc(-c3cc4ccoc4c(N4CCC(F)(F)CC4)n3)o2)c(N2CCC3(CC2)CC3)c1. The van der Waals surface area contributed by atoms with Crippen molar-refractivity contribution in [3.63, 3.8) is 0 Å². The van der Waals surface area contributed by atoms with Crippen molar-refractivity contribution in [2.45, 2.75) is 68.4 Å². The third-order valence-electron chi connectivity index (χ3n) is 9.13. The van der Waals surface area contributed by atoms with Crippen LogP contribution in [-0.2, 0) is 9.84 Å². The third kappa shape index (κ3) is 4.83. The first-order valence-electron chi connectivity index (χ1n) is 14.5. The first-order valence-corrected chi connectivity index (χ1v) is 16.1. The fraction of sp³-hybridized carbons (Fsp3) is 0.500. The second kappa shape index (κ2) is 9.75. The molecule has 0 bridgehead atoms. The lowest BCUT2D eigenvalue weighted by Gasteiger charge is -2.35. The molecule has 1 saturated carbocycles. The number of anilines is 2. The highest BCUT2D eigenvalue weighted by atomic mass is 32.2. The van der Waals surface area contributed by atoms with Gasteiger partial charge in [0.25, 0.3) is 11.8 Å². The summed E-state index contributed by atoms with van der Waals surface area (Å²) in [5.41, 5.74) is 2.80. The van der Waals surface area contributed by atoms with E-state index in [9.17, 15) is 17.2 Å². The predicted molar refractivity (Wildman–Crippen MR) is 155 cm³/mol. The molecule has 0 radical (unpaired) electrons. The van der Waals surface area contributed by atoms with Crippen molar-refractivity contribution in [1.29, 1.82) is 0 Å². The van der Waals surface area contributed by atoms with Crippen LogP contribution >= 0.6 is 0 Å². The number of rotatable bonds is 6. The number of piperidine rings is 2. The van der Waals surface area contributed by atoms with Crippen molar-refractivity contribution < 1.29 is 26.0 Å². The number of pyridine rings is 1. The predicted octanol–water partition coefficient (Wildman–Crippen LogP) is 6.34. The van der Waals surface area contributed by atoms with Gasteiger partial charge in [-0.3, -0.25) is 0 Å². The lowest BCUT2D eigenvalue weighted by atomic mass is 9.93. The van der Waals surface area contributed by atoms with Crippen LogP contribution in [-0.4, -0.2) is 61.0 Å². The van der Waals surface area contributed by atoms with Crippen molar-refractivity contribution in [2.75, 3.05) is 36.0 Å². The minimum absolute atomic E-state index is 0.153. The molecule has 3 fully saturated rings. The van der Waals surface area contributed by atoms with Crippen LogP contribution in [0.25, 0.3) is 34.0 Å². The third-order valence-corrected chi connectivity index (χ3v) is 11.3. The Bertz CT molecular complexity index is 1740. The van der Waals surface area contributed by atoms with Crippen LogP contribution in [0, 0.1) is 5.41 Å². The summed E-state index contributed by atoms with van der Waals surface area (Å²) in [5.74, 6) is -1.78. The molecule has 2 aliphatic heterocycles. The van der Waals surface area contributed by atoms with Gasteiger partial charge in [0, 0.05) is 44.4 Å². The Kier molecular flexibility index (Phi) is 6.34. The molecule has 42 heavy (non-hydrogen) atoms. The highest BCUT2D eigenvalue weighted by molar-refractivity contribution is 7.92. The van der Waals surface area contributed by atoms with E-state index < -0.39 is 21.0 Å². The standard InChI is InChI=1S/C30H33F2N5O4S/c1-19(2)42(38,39)21-3-4-22(24(18-21)36-12-8-29(6-7-29)9-13-36)27-34-35-28(41-27)23-17-20-5-16-40-25(20)26(33-23)37-14-10-30(31,32)11-15-37/h3-5,16-19H,6-15H2,1-2H3. The number of fused-ring (bicyclic) bond motifs is 1. The largest absolute Gasteiger partial charge is 0.460 e. The van der Waals surface area contributed by atoms with E-state index in [4.69, 9.17) is 13.8 Å². The normalized spacial score (nSPS) is 20.1. The molecular weight excluding hydrogens is 564 g/mol. The molecule has 3 aliphatic rings. The molecule has 0 unspecified atom stereocenters. The zero-order valence-corrected chi connectivity index (χ0v) is 24.5. The summed E-state index contributed by atoms with van der Waals surface area (Å²) in [5, 5.41) is 8.84. The lowest BCUT2D eigenvalue weighted by Crippen LogP contribution is -2.39. The smallest absolute Gasteiger partial charge is 0.266 e. The van der Waals surface area contributed by atoms with Gasteiger partial charge in [-0.15, -0.1) is 10.2 Å². The van der Waals surface area contributed by atoms with Crippen LogP contribution in [0.4, 0.5) is 20.3 Å². The lowest BCUT2D eigenvalue weighted by molar-refractivity contribution is -0.0221. The molecule has 1 spiro atoms. The fourth-order valence-electron chi connectivity index (χ4n) is 6.07. The van der Waals surface area contributed by atoms with Crippen molar-refractivity contribution in [3.05, 3.63) is 36.6 Å². The highest BCUT2D eigenvalue weighted by Crippen LogP contribution is 2.54. The van der Waals surface area contributed by atoms with Crippen molar-refractivity contribution in [3.8, 4) is 23.0 Å².